The minimum Gasteiger partial charge on any atom is -0.371 e. The number of ether oxygens (including phenoxy) is 1. The van der Waals surface area contributed by atoms with Crippen molar-refractivity contribution in [2.75, 3.05) is 36.0 Å². The SMILES string of the molecule is CC(=O)NCCSC[C@H]1CN(c2cnc(C#N)c3ncccc23)C[C@@H](C)O1. The molecule has 2 aromatic heterocycles. The molecule has 1 aliphatic heterocycles. The van der Waals surface area contributed by atoms with Crippen LogP contribution in [0, 0.1) is 11.3 Å². The van der Waals surface area contributed by atoms with Crippen LogP contribution in [0.1, 0.15) is 19.5 Å². The van der Waals surface area contributed by atoms with Crippen molar-refractivity contribution in [3.8, 4) is 6.07 Å². The van der Waals surface area contributed by atoms with Crippen molar-refractivity contribution in [1.29, 1.82) is 5.26 Å². The molecule has 8 heteroatoms. The Labute approximate surface area is 163 Å². The second-order valence-corrected chi connectivity index (χ2v) is 7.68. The van der Waals surface area contributed by atoms with Crippen molar-refractivity contribution >= 4 is 34.3 Å². The van der Waals surface area contributed by atoms with Crippen molar-refractivity contribution in [2.24, 2.45) is 0 Å². The number of pyridine rings is 2. The van der Waals surface area contributed by atoms with Crippen LogP contribution in [0.25, 0.3) is 10.9 Å². The number of hydrogen-bond acceptors (Lipinski definition) is 7. The largest absolute Gasteiger partial charge is 0.371 e. The Balaban J connectivity index is 1.71. The number of carbonyl (C=O) groups is 1. The summed E-state index contributed by atoms with van der Waals surface area (Å²) in [5, 5.41) is 13.0. The third-order valence-electron chi connectivity index (χ3n) is 4.32. The van der Waals surface area contributed by atoms with Gasteiger partial charge in [0.05, 0.1) is 24.1 Å². The number of carbonyl (C=O) groups excluding carboxylic acids is 1. The molecule has 1 fully saturated rings. The lowest BCUT2D eigenvalue weighted by Crippen LogP contribution is -2.47. The molecule has 2 aromatic rings. The van der Waals surface area contributed by atoms with E-state index < -0.39 is 0 Å². The van der Waals surface area contributed by atoms with Crippen LogP contribution in [0.4, 0.5) is 5.69 Å². The Morgan fingerprint density at radius 2 is 2.33 bits per heavy atom. The van der Waals surface area contributed by atoms with Crippen LogP contribution in [0.2, 0.25) is 0 Å². The van der Waals surface area contributed by atoms with Gasteiger partial charge in [0.2, 0.25) is 5.91 Å². The summed E-state index contributed by atoms with van der Waals surface area (Å²) in [6.45, 7) is 5.79. The summed E-state index contributed by atoms with van der Waals surface area (Å²) in [6, 6.07) is 5.98. The summed E-state index contributed by atoms with van der Waals surface area (Å²) < 4.78 is 6.08. The van der Waals surface area contributed by atoms with Gasteiger partial charge in [0, 0.05) is 49.6 Å². The van der Waals surface area contributed by atoms with Gasteiger partial charge < -0.3 is 15.0 Å². The highest BCUT2D eigenvalue weighted by atomic mass is 32.2. The Morgan fingerprint density at radius 3 is 3.11 bits per heavy atom. The number of morpholine rings is 1. The topological polar surface area (TPSA) is 91.1 Å². The van der Waals surface area contributed by atoms with Gasteiger partial charge in [-0.05, 0) is 19.1 Å². The number of aromatic nitrogens is 2. The average molecular weight is 385 g/mol. The highest BCUT2D eigenvalue weighted by Gasteiger charge is 2.27. The van der Waals surface area contributed by atoms with E-state index in [0.29, 0.717) is 17.8 Å². The minimum atomic E-state index is -0.00174. The van der Waals surface area contributed by atoms with Gasteiger partial charge in [-0.1, -0.05) is 0 Å². The molecular formula is C19H23N5O2S. The minimum absolute atomic E-state index is 0.00174. The third-order valence-corrected chi connectivity index (χ3v) is 5.42. The molecule has 0 spiro atoms. The van der Waals surface area contributed by atoms with E-state index in [-0.39, 0.29) is 18.1 Å². The zero-order chi connectivity index (χ0) is 19.2. The third kappa shape index (κ3) is 4.87. The normalized spacial score (nSPS) is 19.7. The van der Waals surface area contributed by atoms with E-state index in [1.165, 1.54) is 6.92 Å². The van der Waals surface area contributed by atoms with Gasteiger partial charge in [-0.25, -0.2) is 4.98 Å². The molecule has 142 valence electrons. The van der Waals surface area contributed by atoms with Gasteiger partial charge in [-0.15, -0.1) is 0 Å². The van der Waals surface area contributed by atoms with Gasteiger partial charge in [0.15, 0.2) is 5.69 Å². The fraction of sp³-hybridized carbons (Fsp3) is 0.474. The molecule has 0 saturated carbocycles. The summed E-state index contributed by atoms with van der Waals surface area (Å²) in [6.07, 6.45) is 3.65. The molecule has 3 rings (SSSR count). The first-order valence-corrected chi connectivity index (χ1v) is 10.1. The molecule has 2 atom stereocenters. The maximum atomic E-state index is 10.9. The van der Waals surface area contributed by atoms with Gasteiger partial charge >= 0.3 is 0 Å². The molecule has 7 nitrogen and oxygen atoms in total. The maximum absolute atomic E-state index is 10.9. The van der Waals surface area contributed by atoms with Crippen LogP contribution in [-0.2, 0) is 9.53 Å². The number of hydrogen-bond donors (Lipinski definition) is 1. The summed E-state index contributed by atoms with van der Waals surface area (Å²) in [7, 11) is 0. The molecule has 1 aliphatic rings. The van der Waals surface area contributed by atoms with Crippen LogP contribution in [0.5, 0.6) is 0 Å². The molecule has 0 radical (unpaired) electrons. The Morgan fingerprint density at radius 1 is 1.48 bits per heavy atom. The van der Waals surface area contributed by atoms with Crippen LogP contribution in [-0.4, -0.2) is 59.2 Å². The van der Waals surface area contributed by atoms with E-state index in [4.69, 9.17) is 4.74 Å². The monoisotopic (exact) mass is 385 g/mol. The second-order valence-electron chi connectivity index (χ2n) is 6.53. The summed E-state index contributed by atoms with van der Waals surface area (Å²) in [5.41, 5.74) is 1.97. The standard InChI is InChI=1S/C19H23N5O2S/c1-13-10-24(11-15(26-13)12-27-7-6-21-14(2)25)18-9-23-17(8-20)19-16(18)4-3-5-22-19/h3-5,9,13,15H,6-7,10-12H2,1-2H3,(H,21,25)/t13-,15-/m1/s1. The Kier molecular flexibility index (Phi) is 6.48. The van der Waals surface area contributed by atoms with E-state index in [1.807, 2.05) is 12.1 Å². The fourth-order valence-electron chi connectivity index (χ4n) is 3.24. The van der Waals surface area contributed by atoms with Crippen LogP contribution < -0.4 is 10.2 Å². The van der Waals surface area contributed by atoms with Crippen molar-refractivity contribution in [1.82, 2.24) is 15.3 Å². The van der Waals surface area contributed by atoms with Gasteiger partial charge in [0.25, 0.3) is 0 Å². The molecule has 0 bridgehead atoms. The number of nitrogens with zero attached hydrogens (tertiary/aromatic N) is 4. The van der Waals surface area contributed by atoms with Gasteiger partial charge in [0.1, 0.15) is 11.6 Å². The first-order valence-electron chi connectivity index (χ1n) is 8.95. The predicted molar refractivity (Wildman–Crippen MR) is 107 cm³/mol. The second kappa shape index (κ2) is 9.02. The van der Waals surface area contributed by atoms with Crippen molar-refractivity contribution in [3.63, 3.8) is 0 Å². The van der Waals surface area contributed by atoms with Crippen LogP contribution >= 0.6 is 11.8 Å². The van der Waals surface area contributed by atoms with Gasteiger partial charge in [-0.2, -0.15) is 17.0 Å². The Hall–Kier alpha value is -2.37. The molecular weight excluding hydrogens is 362 g/mol. The quantitative estimate of drug-likeness (QED) is 0.760. The lowest BCUT2D eigenvalue weighted by Gasteiger charge is -2.38. The predicted octanol–water partition coefficient (Wildman–Crippen LogP) is 1.96. The lowest BCUT2D eigenvalue weighted by molar-refractivity contribution is -0.118. The average Bonchev–Trinajstić information content (AvgIpc) is 2.66. The van der Waals surface area contributed by atoms with Crippen LogP contribution in [0.15, 0.2) is 24.5 Å². The van der Waals surface area contributed by atoms with Gasteiger partial charge in [-0.3, -0.25) is 9.78 Å². The molecule has 1 N–H and O–H groups in total. The molecule has 27 heavy (non-hydrogen) atoms. The molecule has 1 saturated heterocycles. The Bertz CT molecular complexity index is 854. The number of nitrogens with one attached hydrogen (secondary N) is 1. The fourth-order valence-corrected chi connectivity index (χ4v) is 4.10. The summed E-state index contributed by atoms with van der Waals surface area (Å²) in [4.78, 5) is 21.8. The highest BCUT2D eigenvalue weighted by Crippen LogP contribution is 2.29. The number of rotatable bonds is 6. The number of amides is 1. The first-order chi connectivity index (χ1) is 13.1. The smallest absolute Gasteiger partial charge is 0.216 e. The summed E-state index contributed by atoms with van der Waals surface area (Å²) in [5.74, 6) is 1.72. The van der Waals surface area contributed by atoms with Crippen molar-refractivity contribution in [3.05, 3.63) is 30.2 Å². The van der Waals surface area contributed by atoms with E-state index in [0.717, 1.165) is 35.7 Å². The van der Waals surface area contributed by atoms with E-state index in [2.05, 4.69) is 33.2 Å². The van der Waals surface area contributed by atoms with E-state index >= 15 is 0 Å². The zero-order valence-electron chi connectivity index (χ0n) is 15.5. The maximum Gasteiger partial charge on any atom is 0.216 e. The summed E-state index contributed by atoms with van der Waals surface area (Å²) >= 11 is 1.77. The molecule has 3 heterocycles. The number of thioether (sulfide) groups is 1. The number of nitriles is 1. The number of anilines is 1. The molecule has 0 unspecified atom stereocenters. The zero-order valence-corrected chi connectivity index (χ0v) is 16.3. The number of fused-ring (bicyclic) bond motifs is 1. The lowest BCUT2D eigenvalue weighted by atomic mass is 10.1. The van der Waals surface area contributed by atoms with Crippen molar-refractivity contribution in [2.45, 2.75) is 26.1 Å². The molecule has 0 aromatic carbocycles. The van der Waals surface area contributed by atoms with E-state index in [9.17, 15) is 10.1 Å². The first kappa shape index (κ1) is 19.4. The molecule has 0 aliphatic carbocycles. The van der Waals surface area contributed by atoms with Crippen molar-refractivity contribution < 1.29 is 9.53 Å². The van der Waals surface area contributed by atoms with Crippen LogP contribution in [0.3, 0.4) is 0 Å². The highest BCUT2D eigenvalue weighted by molar-refractivity contribution is 7.99. The van der Waals surface area contributed by atoms with E-state index in [1.54, 1.807) is 24.2 Å². The molecule has 1 amide bonds.